The van der Waals surface area contributed by atoms with E-state index in [9.17, 15) is 30.1 Å². The number of hydrogen-bond donors (Lipinski definition) is 1. The first-order chi connectivity index (χ1) is 19.3. The number of thioether (sulfide) groups is 1. The molecule has 3 atom stereocenters. The molecule has 1 amide bonds. The number of likely N-dealkylation sites (tertiary alicyclic amines) is 1. The van der Waals surface area contributed by atoms with Gasteiger partial charge in [-0.05, 0) is 54.7 Å². The molecular weight excluding hydrogens is 566 g/mol. The molecule has 1 aliphatic rings. The second-order valence-corrected chi connectivity index (χ2v) is 12.1. The van der Waals surface area contributed by atoms with Gasteiger partial charge in [-0.3, -0.25) is 24.6 Å². The van der Waals surface area contributed by atoms with Crippen LogP contribution in [0.2, 0.25) is 0 Å². The predicted octanol–water partition coefficient (Wildman–Crippen LogP) is 5.13. The highest BCUT2D eigenvalue weighted by molar-refractivity contribution is 8.00. The van der Waals surface area contributed by atoms with E-state index in [1.165, 1.54) is 60.0 Å². The number of ketones is 1. The SMILES string of the molecule is CCS[C@@H]1[C@@H]([C@@H](C)O)C(=O)N1C(C(=S)OCc1ccc([N+](=O)[O-])cc1)=C(Oc1ccccc1C#N)C(=O)C(C)(C)C. The van der Waals surface area contributed by atoms with Gasteiger partial charge in [-0.2, -0.15) is 5.26 Å². The molecule has 1 N–H and O–H groups in total. The molecule has 1 saturated heterocycles. The quantitative estimate of drug-likeness (QED) is 0.0924. The highest BCUT2D eigenvalue weighted by Gasteiger charge is 2.54. The summed E-state index contributed by atoms with van der Waals surface area (Å²) < 4.78 is 12.0. The number of hydrogen-bond acceptors (Lipinski definition) is 10. The number of Topliss-reactive ketones (excluding diaryl/α,β-unsaturated/α-hetero) is 1. The van der Waals surface area contributed by atoms with E-state index in [4.69, 9.17) is 21.7 Å². The average Bonchev–Trinajstić information content (AvgIpc) is 2.92. The summed E-state index contributed by atoms with van der Waals surface area (Å²) in [5.74, 6) is -1.27. The molecule has 41 heavy (non-hydrogen) atoms. The third kappa shape index (κ3) is 7.11. The minimum Gasteiger partial charge on any atom is -0.477 e. The summed E-state index contributed by atoms with van der Waals surface area (Å²) in [6.07, 6.45) is -0.958. The van der Waals surface area contributed by atoms with Crippen molar-refractivity contribution in [1.29, 1.82) is 5.26 Å². The summed E-state index contributed by atoms with van der Waals surface area (Å²) >= 11 is 7.05. The van der Waals surface area contributed by atoms with Gasteiger partial charge in [-0.25, -0.2) is 0 Å². The number of β-lactam (4-membered cyclic amide) rings is 1. The van der Waals surface area contributed by atoms with E-state index in [0.29, 0.717) is 11.3 Å². The molecule has 0 radical (unpaired) electrons. The summed E-state index contributed by atoms with van der Waals surface area (Å²) in [6.45, 7) is 8.36. The van der Waals surface area contributed by atoms with Gasteiger partial charge in [-0.15, -0.1) is 11.8 Å². The Morgan fingerprint density at radius 3 is 2.41 bits per heavy atom. The molecule has 0 aromatic heterocycles. The number of aliphatic hydroxyl groups is 1. The molecule has 10 nitrogen and oxygen atoms in total. The molecule has 1 heterocycles. The predicted molar refractivity (Wildman–Crippen MR) is 158 cm³/mol. The maximum absolute atomic E-state index is 13.9. The average molecular weight is 598 g/mol. The number of benzene rings is 2. The Hall–Kier alpha value is -3.79. The minimum atomic E-state index is -0.985. The van der Waals surface area contributed by atoms with Crippen molar-refractivity contribution in [3.8, 4) is 11.8 Å². The Kier molecular flexibility index (Phi) is 10.3. The third-order valence-corrected chi connectivity index (χ3v) is 7.70. The van der Waals surface area contributed by atoms with Crippen LogP contribution in [0.3, 0.4) is 0 Å². The molecule has 2 aromatic rings. The van der Waals surface area contributed by atoms with Crippen LogP contribution in [-0.4, -0.2) is 48.9 Å². The molecule has 2 aromatic carbocycles. The zero-order chi connectivity index (χ0) is 30.5. The topological polar surface area (TPSA) is 143 Å². The molecule has 1 fully saturated rings. The number of carbonyl (C=O) groups is 2. The van der Waals surface area contributed by atoms with E-state index in [1.54, 1.807) is 32.9 Å². The number of non-ortho nitro benzene ring substituents is 1. The maximum Gasteiger partial charge on any atom is 0.269 e. The number of carbonyl (C=O) groups excluding carboxylic acids is 2. The van der Waals surface area contributed by atoms with Crippen LogP contribution in [0.5, 0.6) is 5.75 Å². The Morgan fingerprint density at radius 2 is 1.88 bits per heavy atom. The summed E-state index contributed by atoms with van der Waals surface area (Å²) in [4.78, 5) is 39.2. The van der Waals surface area contributed by atoms with Crippen molar-refractivity contribution in [3.63, 3.8) is 0 Å². The Balaban J connectivity index is 2.16. The fraction of sp³-hybridized carbons (Fsp3) is 0.379. The Labute approximate surface area is 248 Å². The molecule has 0 unspecified atom stereocenters. The molecule has 0 aliphatic carbocycles. The number of ether oxygens (including phenoxy) is 2. The first-order valence-electron chi connectivity index (χ1n) is 12.8. The van der Waals surface area contributed by atoms with E-state index in [0.717, 1.165) is 0 Å². The van der Waals surface area contributed by atoms with Gasteiger partial charge in [0, 0.05) is 17.5 Å². The van der Waals surface area contributed by atoms with Crippen molar-refractivity contribution in [2.75, 3.05) is 5.75 Å². The molecule has 216 valence electrons. The number of rotatable bonds is 11. The highest BCUT2D eigenvalue weighted by atomic mass is 32.2. The standard InChI is InChI=1S/C29H31N3O7S2/c1-6-41-27-22(17(2)33)26(35)31(27)23(28(40)38-16-18-11-13-20(14-12-18)32(36)37)24(25(34)29(3,4)5)39-21-10-8-7-9-19(21)15-30/h7-14,17,22,27,33H,6,16H2,1-5H3/t17-,22+,27-/m1/s1. The largest absolute Gasteiger partial charge is 0.477 e. The van der Waals surface area contributed by atoms with Gasteiger partial charge in [0.05, 0.1) is 27.9 Å². The van der Waals surface area contributed by atoms with E-state index in [1.807, 2.05) is 13.0 Å². The number of nitro groups is 1. The molecule has 0 bridgehead atoms. The number of amides is 1. The second kappa shape index (κ2) is 13.2. The third-order valence-electron chi connectivity index (χ3n) is 6.21. The summed E-state index contributed by atoms with van der Waals surface area (Å²) in [7, 11) is 0. The number of allylic oxidation sites excluding steroid dienone is 1. The number of nitrogens with zero attached hydrogens (tertiary/aromatic N) is 3. The molecule has 1 aliphatic heterocycles. The van der Waals surface area contributed by atoms with Crippen LogP contribution < -0.4 is 4.74 Å². The lowest BCUT2D eigenvalue weighted by molar-refractivity contribution is -0.384. The lowest BCUT2D eigenvalue weighted by Crippen LogP contribution is -2.63. The van der Waals surface area contributed by atoms with Crippen LogP contribution in [0, 0.1) is 32.8 Å². The summed E-state index contributed by atoms with van der Waals surface area (Å²) in [6, 6.07) is 14.1. The van der Waals surface area contributed by atoms with E-state index < -0.39 is 39.4 Å². The zero-order valence-corrected chi connectivity index (χ0v) is 25.0. The van der Waals surface area contributed by atoms with Crippen molar-refractivity contribution >= 4 is 46.4 Å². The van der Waals surface area contributed by atoms with Crippen molar-refractivity contribution in [2.24, 2.45) is 11.3 Å². The van der Waals surface area contributed by atoms with Crippen LogP contribution in [0.15, 0.2) is 60.0 Å². The van der Waals surface area contributed by atoms with Crippen molar-refractivity contribution in [2.45, 2.75) is 52.7 Å². The highest BCUT2D eigenvalue weighted by Crippen LogP contribution is 2.42. The van der Waals surface area contributed by atoms with Crippen LogP contribution in [-0.2, 0) is 20.9 Å². The Morgan fingerprint density at radius 1 is 1.24 bits per heavy atom. The molecule has 12 heteroatoms. The summed E-state index contributed by atoms with van der Waals surface area (Å²) in [5, 5.41) is 30.2. The van der Waals surface area contributed by atoms with Gasteiger partial charge < -0.3 is 14.6 Å². The van der Waals surface area contributed by atoms with Gasteiger partial charge in [0.2, 0.25) is 16.7 Å². The second-order valence-electron chi connectivity index (χ2n) is 10.3. The molecular formula is C29H31N3O7S2. The van der Waals surface area contributed by atoms with Gasteiger partial charge in [0.15, 0.2) is 5.76 Å². The van der Waals surface area contributed by atoms with Crippen molar-refractivity contribution in [1.82, 2.24) is 4.90 Å². The lowest BCUT2D eigenvalue weighted by Gasteiger charge is -2.48. The van der Waals surface area contributed by atoms with Gasteiger partial charge in [0.1, 0.15) is 24.1 Å². The van der Waals surface area contributed by atoms with E-state index in [-0.39, 0.29) is 40.1 Å². The summed E-state index contributed by atoms with van der Waals surface area (Å²) in [5.41, 5.74) is -0.425. The zero-order valence-electron chi connectivity index (χ0n) is 23.3. The monoisotopic (exact) mass is 597 g/mol. The Bertz CT molecular complexity index is 1410. The smallest absolute Gasteiger partial charge is 0.269 e. The molecule has 0 saturated carbocycles. The number of nitriles is 1. The normalized spacial score (nSPS) is 18.0. The number of nitro benzene ring substituents is 1. The lowest BCUT2D eigenvalue weighted by atomic mass is 9.87. The minimum absolute atomic E-state index is 0.0811. The van der Waals surface area contributed by atoms with Crippen molar-refractivity contribution in [3.05, 3.63) is 81.2 Å². The van der Waals surface area contributed by atoms with E-state index in [2.05, 4.69) is 0 Å². The molecule has 3 rings (SSSR count). The first-order valence-corrected chi connectivity index (χ1v) is 14.3. The first kappa shape index (κ1) is 31.7. The fourth-order valence-corrected chi connectivity index (χ4v) is 5.55. The fourth-order valence-electron chi connectivity index (χ4n) is 4.05. The van der Waals surface area contributed by atoms with Crippen LogP contribution in [0.4, 0.5) is 5.69 Å². The van der Waals surface area contributed by atoms with E-state index >= 15 is 0 Å². The van der Waals surface area contributed by atoms with Crippen molar-refractivity contribution < 1.29 is 29.1 Å². The van der Waals surface area contributed by atoms with Gasteiger partial charge in [-0.1, -0.05) is 39.8 Å². The molecule has 0 spiro atoms. The number of thiocarbonyl (C=S) groups is 1. The van der Waals surface area contributed by atoms with Crippen LogP contribution >= 0.6 is 24.0 Å². The maximum atomic E-state index is 13.9. The van der Waals surface area contributed by atoms with Crippen LogP contribution in [0.25, 0.3) is 0 Å². The van der Waals surface area contributed by atoms with Gasteiger partial charge in [0.25, 0.3) is 5.69 Å². The van der Waals surface area contributed by atoms with Crippen LogP contribution in [0.1, 0.15) is 45.7 Å². The number of para-hydroxylation sites is 1. The van der Waals surface area contributed by atoms with Gasteiger partial charge >= 0.3 is 0 Å². The number of aliphatic hydroxyl groups excluding tert-OH is 1.